The number of amides is 2. The molecule has 0 bridgehead atoms. The summed E-state index contributed by atoms with van der Waals surface area (Å²) in [6.45, 7) is 1.70. The maximum absolute atomic E-state index is 12.9. The first kappa shape index (κ1) is 21.4. The van der Waals surface area contributed by atoms with Crippen molar-refractivity contribution < 1.29 is 19.1 Å². The number of nitrogens with zero attached hydrogens (tertiary/aromatic N) is 2. The summed E-state index contributed by atoms with van der Waals surface area (Å²) in [4.78, 5) is 27.3. The number of fused-ring (bicyclic) bond motifs is 1. The van der Waals surface area contributed by atoms with Gasteiger partial charge in [-0.05, 0) is 37.5 Å². The van der Waals surface area contributed by atoms with Gasteiger partial charge in [-0.3, -0.25) is 14.7 Å². The largest absolute Gasteiger partial charge is 0.497 e. The topological polar surface area (TPSA) is 96.6 Å². The minimum atomic E-state index is -0.179. The van der Waals surface area contributed by atoms with Crippen molar-refractivity contribution in [1.29, 1.82) is 0 Å². The zero-order valence-electron chi connectivity index (χ0n) is 18.1. The van der Waals surface area contributed by atoms with Gasteiger partial charge in [-0.2, -0.15) is 5.10 Å². The summed E-state index contributed by atoms with van der Waals surface area (Å²) in [7, 11) is 3.27. The molecule has 8 heteroatoms. The molecule has 31 heavy (non-hydrogen) atoms. The van der Waals surface area contributed by atoms with E-state index >= 15 is 0 Å². The zero-order chi connectivity index (χ0) is 21.8. The molecule has 1 aromatic heterocycles. The average Bonchev–Trinajstić information content (AvgIpc) is 3.45. The molecule has 2 atom stereocenters. The van der Waals surface area contributed by atoms with Crippen molar-refractivity contribution in [2.75, 3.05) is 33.9 Å². The highest BCUT2D eigenvalue weighted by Crippen LogP contribution is 2.47. The molecule has 2 aromatic rings. The van der Waals surface area contributed by atoms with Crippen LogP contribution in [0.15, 0.2) is 30.3 Å². The van der Waals surface area contributed by atoms with Crippen molar-refractivity contribution in [2.45, 2.75) is 38.1 Å². The second-order valence-corrected chi connectivity index (χ2v) is 8.43. The number of likely N-dealkylation sites (tertiary alicyclic amines) is 1. The molecule has 2 N–H and O–H groups in total. The fourth-order valence-corrected chi connectivity index (χ4v) is 5.06. The summed E-state index contributed by atoms with van der Waals surface area (Å²) in [5.41, 5.74) is 1.93. The van der Waals surface area contributed by atoms with Gasteiger partial charge in [-0.1, -0.05) is 18.6 Å². The fraction of sp³-hybridized carbons (Fsp3) is 0.522. The van der Waals surface area contributed by atoms with Crippen LogP contribution in [0.2, 0.25) is 0 Å². The third-order valence-corrected chi connectivity index (χ3v) is 6.72. The number of rotatable bonds is 8. The lowest BCUT2D eigenvalue weighted by Crippen LogP contribution is -2.56. The molecule has 0 radical (unpaired) electrons. The van der Waals surface area contributed by atoms with Crippen LogP contribution >= 0.6 is 0 Å². The first-order valence-electron chi connectivity index (χ1n) is 10.8. The molecular formula is C23H30N4O4. The van der Waals surface area contributed by atoms with Crippen molar-refractivity contribution in [2.24, 2.45) is 5.41 Å². The number of hydrogen-bond donors (Lipinski definition) is 2. The van der Waals surface area contributed by atoms with Crippen molar-refractivity contribution >= 4 is 11.8 Å². The van der Waals surface area contributed by atoms with E-state index in [1.807, 2.05) is 29.2 Å². The Morgan fingerprint density at radius 1 is 1.32 bits per heavy atom. The van der Waals surface area contributed by atoms with Gasteiger partial charge in [0.25, 0.3) is 5.91 Å². The Morgan fingerprint density at radius 2 is 2.19 bits per heavy atom. The van der Waals surface area contributed by atoms with Gasteiger partial charge >= 0.3 is 0 Å². The summed E-state index contributed by atoms with van der Waals surface area (Å²) >= 11 is 0. The summed E-state index contributed by atoms with van der Waals surface area (Å²) in [6, 6.07) is 9.49. The van der Waals surface area contributed by atoms with Gasteiger partial charge in [0.15, 0.2) is 0 Å². The zero-order valence-corrected chi connectivity index (χ0v) is 18.1. The van der Waals surface area contributed by atoms with E-state index in [1.54, 1.807) is 20.3 Å². The summed E-state index contributed by atoms with van der Waals surface area (Å²) < 4.78 is 10.5. The lowest BCUT2D eigenvalue weighted by molar-refractivity contribution is -0.142. The van der Waals surface area contributed by atoms with Crippen LogP contribution < -0.4 is 10.1 Å². The molecule has 166 valence electrons. The molecule has 0 unspecified atom stereocenters. The summed E-state index contributed by atoms with van der Waals surface area (Å²) in [5, 5.41) is 10.2. The summed E-state index contributed by atoms with van der Waals surface area (Å²) in [6.07, 6.45) is 4.42. The van der Waals surface area contributed by atoms with Crippen LogP contribution in [0.4, 0.5) is 0 Å². The van der Waals surface area contributed by atoms with E-state index in [0.717, 1.165) is 37.0 Å². The first-order valence-corrected chi connectivity index (χ1v) is 10.8. The van der Waals surface area contributed by atoms with Gasteiger partial charge in [0, 0.05) is 43.6 Å². The molecule has 1 aliphatic heterocycles. The Morgan fingerprint density at radius 3 is 3.00 bits per heavy atom. The summed E-state index contributed by atoms with van der Waals surface area (Å²) in [5.74, 6) is 0.757. The number of methoxy groups -OCH3 is 2. The third kappa shape index (κ3) is 4.30. The molecule has 2 aliphatic rings. The van der Waals surface area contributed by atoms with E-state index in [0.29, 0.717) is 37.5 Å². The maximum atomic E-state index is 12.9. The quantitative estimate of drug-likeness (QED) is 0.676. The second kappa shape index (κ2) is 9.09. The molecule has 0 spiro atoms. The molecule has 1 aliphatic carbocycles. The van der Waals surface area contributed by atoms with Crippen LogP contribution in [0, 0.1) is 5.41 Å². The standard InChI is InChI=1S/C23H30N4O4/c1-30-12-11-27-20-7-4-9-23(20,10-8-21(27)28)15-24-22(29)19-14-18(25-26-19)16-5-3-6-17(13-16)31-2/h3,5-6,13-14,20H,4,7-12,15H2,1-2H3,(H,24,29)(H,25,26)/t20-,23+/m1/s1. The van der Waals surface area contributed by atoms with Crippen LogP contribution in [-0.2, 0) is 9.53 Å². The highest BCUT2D eigenvalue weighted by atomic mass is 16.5. The van der Waals surface area contributed by atoms with Crippen molar-refractivity contribution in [3.63, 3.8) is 0 Å². The minimum absolute atomic E-state index is 0.0625. The van der Waals surface area contributed by atoms with Crippen LogP contribution in [-0.4, -0.2) is 66.9 Å². The molecular weight excluding hydrogens is 396 g/mol. The van der Waals surface area contributed by atoms with Crippen molar-refractivity contribution in [1.82, 2.24) is 20.4 Å². The van der Waals surface area contributed by atoms with Crippen LogP contribution in [0.3, 0.4) is 0 Å². The number of aromatic amines is 1. The molecule has 2 heterocycles. The Hall–Kier alpha value is -2.87. The smallest absolute Gasteiger partial charge is 0.269 e. The number of hydrogen-bond acceptors (Lipinski definition) is 5. The predicted octanol–water partition coefficient (Wildman–Crippen LogP) is 2.62. The Kier molecular flexibility index (Phi) is 6.27. The van der Waals surface area contributed by atoms with E-state index in [4.69, 9.17) is 9.47 Å². The third-order valence-electron chi connectivity index (χ3n) is 6.72. The van der Waals surface area contributed by atoms with Crippen molar-refractivity contribution in [3.05, 3.63) is 36.0 Å². The van der Waals surface area contributed by atoms with Gasteiger partial charge in [-0.25, -0.2) is 0 Å². The van der Waals surface area contributed by atoms with E-state index in [2.05, 4.69) is 15.5 Å². The normalized spacial score (nSPS) is 23.0. The molecule has 2 fully saturated rings. The average molecular weight is 427 g/mol. The van der Waals surface area contributed by atoms with Gasteiger partial charge in [-0.15, -0.1) is 0 Å². The fourth-order valence-electron chi connectivity index (χ4n) is 5.06. The highest BCUT2D eigenvalue weighted by Gasteiger charge is 2.50. The molecule has 1 saturated heterocycles. The molecule has 4 rings (SSSR count). The van der Waals surface area contributed by atoms with Gasteiger partial charge in [0.1, 0.15) is 11.4 Å². The molecule has 2 amide bonds. The van der Waals surface area contributed by atoms with Gasteiger partial charge in [0.2, 0.25) is 5.91 Å². The number of aromatic nitrogens is 2. The van der Waals surface area contributed by atoms with E-state index in [1.165, 1.54) is 0 Å². The Labute approximate surface area is 182 Å². The SMILES string of the molecule is COCCN1C(=O)CC[C@]2(CNC(=O)c3cc(-c4cccc(OC)c4)n[nH]3)CCC[C@@H]12. The Balaban J connectivity index is 1.43. The van der Waals surface area contributed by atoms with E-state index < -0.39 is 0 Å². The minimum Gasteiger partial charge on any atom is -0.497 e. The number of carbonyl (C=O) groups is 2. The number of carbonyl (C=O) groups excluding carboxylic acids is 2. The maximum Gasteiger partial charge on any atom is 0.269 e. The number of nitrogens with one attached hydrogen (secondary N) is 2. The monoisotopic (exact) mass is 426 g/mol. The van der Waals surface area contributed by atoms with Gasteiger partial charge < -0.3 is 19.7 Å². The number of piperidine rings is 1. The predicted molar refractivity (Wildman–Crippen MR) is 116 cm³/mol. The molecule has 1 aromatic carbocycles. The number of H-pyrrole nitrogens is 1. The molecule has 1 saturated carbocycles. The van der Waals surface area contributed by atoms with Crippen LogP contribution in [0.1, 0.15) is 42.6 Å². The van der Waals surface area contributed by atoms with Crippen LogP contribution in [0.5, 0.6) is 5.75 Å². The first-order chi connectivity index (χ1) is 15.1. The van der Waals surface area contributed by atoms with Gasteiger partial charge in [0.05, 0.1) is 19.4 Å². The van der Waals surface area contributed by atoms with E-state index in [9.17, 15) is 9.59 Å². The number of ether oxygens (including phenoxy) is 2. The Bertz CT molecular complexity index is 943. The van der Waals surface area contributed by atoms with Crippen LogP contribution in [0.25, 0.3) is 11.3 Å². The van der Waals surface area contributed by atoms with Crippen molar-refractivity contribution in [3.8, 4) is 17.0 Å². The highest BCUT2D eigenvalue weighted by molar-refractivity contribution is 5.93. The van der Waals surface area contributed by atoms with E-state index in [-0.39, 0.29) is 23.3 Å². The number of benzene rings is 1. The lowest BCUT2D eigenvalue weighted by atomic mass is 9.74. The lowest BCUT2D eigenvalue weighted by Gasteiger charge is -2.46. The second-order valence-electron chi connectivity index (χ2n) is 8.43. The molecule has 8 nitrogen and oxygen atoms in total.